The number of alkyl halides is 3. The number of aryl methyl sites for hydroxylation is 1. The lowest BCUT2D eigenvalue weighted by Crippen LogP contribution is -2.43. The van der Waals surface area contributed by atoms with Crippen LogP contribution in [-0.2, 0) is 11.2 Å². The number of carbonyl (C=O) groups excluding carboxylic acids is 1. The van der Waals surface area contributed by atoms with Gasteiger partial charge in [-0.1, -0.05) is 36.9 Å². The first-order chi connectivity index (χ1) is 20.7. The Hall–Kier alpha value is -3.47. The molecule has 0 bridgehead atoms. The maximum absolute atomic E-state index is 13.1. The number of nitrogens with one attached hydrogen (secondary N) is 1. The lowest BCUT2D eigenvalue weighted by atomic mass is 9.79. The zero-order valence-electron chi connectivity index (χ0n) is 24.3. The van der Waals surface area contributed by atoms with Gasteiger partial charge in [-0.15, -0.1) is 13.2 Å². The lowest BCUT2D eigenvalue weighted by molar-refractivity contribution is -0.274. The van der Waals surface area contributed by atoms with Crippen LogP contribution in [0, 0.1) is 17.8 Å². The summed E-state index contributed by atoms with van der Waals surface area (Å²) in [6, 6.07) is 14.0. The van der Waals surface area contributed by atoms with E-state index in [1.54, 1.807) is 22.8 Å². The summed E-state index contributed by atoms with van der Waals surface area (Å²) in [6.45, 7) is 4.24. The number of nitrogens with zero attached hydrogens (tertiary/aromatic N) is 4. The molecule has 7 nitrogen and oxygen atoms in total. The Labute approximate surface area is 253 Å². The van der Waals surface area contributed by atoms with Gasteiger partial charge in [0.1, 0.15) is 12.1 Å². The zero-order chi connectivity index (χ0) is 30.1. The van der Waals surface area contributed by atoms with Crippen molar-refractivity contribution in [3.8, 4) is 11.4 Å². The molecule has 1 N–H and O–H groups in total. The van der Waals surface area contributed by atoms with Gasteiger partial charge in [-0.3, -0.25) is 4.79 Å². The zero-order valence-corrected chi connectivity index (χ0v) is 25.1. The predicted octanol–water partition coefficient (Wildman–Crippen LogP) is 7.54. The fraction of sp³-hybridized carbons (Fsp3) is 0.469. The van der Waals surface area contributed by atoms with Gasteiger partial charge in [0.2, 0.25) is 5.91 Å². The van der Waals surface area contributed by atoms with Crippen molar-refractivity contribution in [2.24, 2.45) is 17.8 Å². The number of carbonyl (C=O) groups is 1. The van der Waals surface area contributed by atoms with Gasteiger partial charge in [0.15, 0.2) is 11.3 Å². The van der Waals surface area contributed by atoms with Crippen molar-refractivity contribution in [2.45, 2.75) is 76.6 Å². The Morgan fingerprint density at radius 2 is 1.84 bits per heavy atom. The van der Waals surface area contributed by atoms with Crippen molar-refractivity contribution in [2.75, 3.05) is 4.90 Å². The van der Waals surface area contributed by atoms with E-state index in [-0.39, 0.29) is 23.1 Å². The molecule has 2 heterocycles. The predicted molar refractivity (Wildman–Crippen MR) is 161 cm³/mol. The number of thioether (sulfide) groups is 1. The SMILES string of the molecule is CCc1ccccc1N1C(C)=CSC1NC(=O)CC1CC1C1CCC(c2ncn(-c3ccc(OC(F)(F)F)cc3)n2)CC1. The Balaban J connectivity index is 0.971. The number of ether oxygens (including phenoxy) is 1. The van der Waals surface area contributed by atoms with Gasteiger partial charge in [0.25, 0.3) is 0 Å². The number of amides is 1. The van der Waals surface area contributed by atoms with Crippen LogP contribution >= 0.6 is 11.8 Å². The van der Waals surface area contributed by atoms with E-state index in [1.807, 2.05) is 6.07 Å². The largest absolute Gasteiger partial charge is 0.573 e. The summed E-state index contributed by atoms with van der Waals surface area (Å²) in [5.74, 6) is 2.55. The van der Waals surface area contributed by atoms with E-state index in [0.717, 1.165) is 55.7 Å². The van der Waals surface area contributed by atoms with Gasteiger partial charge >= 0.3 is 6.36 Å². The van der Waals surface area contributed by atoms with Crippen LogP contribution in [0.2, 0.25) is 0 Å². The molecule has 228 valence electrons. The van der Waals surface area contributed by atoms with Crippen LogP contribution in [0.3, 0.4) is 0 Å². The molecule has 2 saturated carbocycles. The van der Waals surface area contributed by atoms with Crippen LogP contribution in [0.15, 0.2) is 66.0 Å². The monoisotopic (exact) mass is 611 g/mol. The molecule has 3 atom stereocenters. The molecule has 2 aliphatic carbocycles. The van der Waals surface area contributed by atoms with E-state index >= 15 is 0 Å². The minimum absolute atomic E-state index is 0.119. The summed E-state index contributed by atoms with van der Waals surface area (Å²) in [4.78, 5) is 19.8. The topological polar surface area (TPSA) is 72.3 Å². The van der Waals surface area contributed by atoms with Gasteiger partial charge in [0, 0.05) is 23.7 Å². The lowest BCUT2D eigenvalue weighted by Gasteiger charge is -2.30. The maximum atomic E-state index is 13.1. The Morgan fingerprint density at radius 1 is 1.09 bits per heavy atom. The summed E-state index contributed by atoms with van der Waals surface area (Å²) in [6.07, 6.45) is 3.69. The van der Waals surface area contributed by atoms with Crippen molar-refractivity contribution < 1.29 is 22.7 Å². The summed E-state index contributed by atoms with van der Waals surface area (Å²) < 4.78 is 42.8. The van der Waals surface area contributed by atoms with Gasteiger partial charge < -0.3 is 15.0 Å². The van der Waals surface area contributed by atoms with Gasteiger partial charge in [-0.2, -0.15) is 5.10 Å². The second kappa shape index (κ2) is 12.3. The van der Waals surface area contributed by atoms with Crippen molar-refractivity contribution >= 4 is 23.4 Å². The van der Waals surface area contributed by atoms with Crippen molar-refractivity contribution in [1.29, 1.82) is 0 Å². The highest BCUT2D eigenvalue weighted by Crippen LogP contribution is 2.52. The van der Waals surface area contributed by atoms with E-state index in [2.05, 4.69) is 62.5 Å². The van der Waals surface area contributed by atoms with Crippen LogP contribution in [0.5, 0.6) is 5.75 Å². The van der Waals surface area contributed by atoms with Crippen molar-refractivity contribution in [3.63, 3.8) is 0 Å². The third kappa shape index (κ3) is 6.87. The molecule has 2 fully saturated rings. The minimum Gasteiger partial charge on any atom is -0.406 e. The van der Waals surface area contributed by atoms with Crippen molar-refractivity contribution in [1.82, 2.24) is 20.1 Å². The van der Waals surface area contributed by atoms with Crippen LogP contribution in [0.1, 0.15) is 69.7 Å². The second-order valence-corrected chi connectivity index (χ2v) is 12.7. The number of aromatic nitrogens is 3. The molecule has 0 radical (unpaired) electrons. The molecule has 2 aromatic carbocycles. The fourth-order valence-electron chi connectivity index (χ4n) is 6.64. The van der Waals surface area contributed by atoms with Crippen LogP contribution in [-0.4, -0.2) is 32.5 Å². The highest BCUT2D eigenvalue weighted by molar-refractivity contribution is 8.03. The first kappa shape index (κ1) is 29.6. The van der Waals surface area contributed by atoms with Crippen LogP contribution < -0.4 is 15.0 Å². The summed E-state index contributed by atoms with van der Waals surface area (Å²) in [5, 5.41) is 10.0. The average Bonchev–Trinajstić information content (AvgIpc) is 3.39. The highest BCUT2D eigenvalue weighted by Gasteiger charge is 2.45. The normalized spacial score (nSPS) is 25.4. The molecule has 3 aliphatic rings. The Morgan fingerprint density at radius 3 is 2.56 bits per heavy atom. The molecule has 1 aromatic heterocycles. The number of halogens is 3. The summed E-state index contributed by atoms with van der Waals surface area (Å²) in [7, 11) is 0. The van der Waals surface area contributed by atoms with E-state index in [0.29, 0.717) is 29.9 Å². The second-order valence-electron chi connectivity index (χ2n) is 11.7. The number of hydrogen-bond donors (Lipinski definition) is 1. The molecule has 3 aromatic rings. The molecule has 6 rings (SSSR count). The quantitative estimate of drug-likeness (QED) is 0.270. The number of benzene rings is 2. The third-order valence-corrected chi connectivity index (χ3v) is 9.97. The average molecular weight is 612 g/mol. The maximum Gasteiger partial charge on any atom is 0.573 e. The molecule has 1 amide bonds. The molecular weight excluding hydrogens is 575 g/mol. The van der Waals surface area contributed by atoms with E-state index in [1.165, 1.54) is 29.8 Å². The summed E-state index contributed by atoms with van der Waals surface area (Å²) >= 11 is 1.65. The number of para-hydroxylation sites is 1. The molecule has 3 unspecified atom stereocenters. The minimum atomic E-state index is -4.72. The summed E-state index contributed by atoms with van der Waals surface area (Å²) in [5.41, 5.74) is 4.07. The third-order valence-electron chi connectivity index (χ3n) is 8.91. The molecule has 0 saturated heterocycles. The highest BCUT2D eigenvalue weighted by atomic mass is 32.2. The number of allylic oxidation sites excluding steroid dienone is 1. The van der Waals surface area contributed by atoms with E-state index in [4.69, 9.17) is 0 Å². The fourth-order valence-corrected chi connectivity index (χ4v) is 7.68. The first-order valence-corrected chi connectivity index (χ1v) is 15.9. The van der Waals surface area contributed by atoms with Gasteiger partial charge in [-0.25, -0.2) is 9.67 Å². The van der Waals surface area contributed by atoms with Crippen LogP contribution in [0.4, 0.5) is 18.9 Å². The Kier molecular flexibility index (Phi) is 8.44. The van der Waals surface area contributed by atoms with Gasteiger partial charge in [0.05, 0.1) is 5.69 Å². The number of rotatable bonds is 9. The molecule has 1 aliphatic heterocycles. The smallest absolute Gasteiger partial charge is 0.406 e. The number of anilines is 1. The van der Waals surface area contributed by atoms with Gasteiger partial charge in [-0.05, 0) is 105 Å². The van der Waals surface area contributed by atoms with Crippen LogP contribution in [0.25, 0.3) is 5.69 Å². The van der Waals surface area contributed by atoms with Crippen molar-refractivity contribution in [3.05, 3.63) is 77.4 Å². The van der Waals surface area contributed by atoms with E-state index < -0.39 is 6.36 Å². The molecular formula is C32H36F3N5O2S. The Bertz CT molecular complexity index is 1470. The number of hydrogen-bond acceptors (Lipinski definition) is 6. The molecule has 11 heteroatoms. The standard InChI is InChI=1S/C32H36F3N5O2S/c1-3-21-6-4-5-7-28(21)40-20(2)18-43-31(40)37-29(41)17-24-16-27(24)22-8-10-23(11-9-22)30-36-19-39(38-30)25-12-14-26(15-13-25)42-32(33,34)35/h4-7,12-15,18-19,22-24,27,31H,3,8-11,16-17H2,1-2H3,(H,37,41). The molecule has 0 spiro atoms. The van der Waals surface area contributed by atoms with E-state index in [9.17, 15) is 18.0 Å². The molecule has 43 heavy (non-hydrogen) atoms. The first-order valence-electron chi connectivity index (χ1n) is 14.9.